The van der Waals surface area contributed by atoms with Gasteiger partial charge in [-0.3, -0.25) is 9.59 Å². The molecule has 0 unspecified atom stereocenters. The molecule has 0 fully saturated rings. The van der Waals surface area contributed by atoms with Crippen LogP contribution in [0.1, 0.15) is 37.5 Å². The summed E-state index contributed by atoms with van der Waals surface area (Å²) >= 11 is 7.32. The highest BCUT2D eigenvalue weighted by molar-refractivity contribution is 7.98. The van der Waals surface area contributed by atoms with Gasteiger partial charge in [0.25, 0.3) is 11.8 Å². The quantitative estimate of drug-likeness (QED) is 0.208. The number of aromatic nitrogens is 1. The van der Waals surface area contributed by atoms with Crippen molar-refractivity contribution in [3.05, 3.63) is 76.4 Å². The Morgan fingerprint density at radius 3 is 2.42 bits per heavy atom. The van der Waals surface area contributed by atoms with E-state index in [0.717, 1.165) is 4.90 Å². The zero-order valence-corrected chi connectivity index (χ0v) is 21.5. The summed E-state index contributed by atoms with van der Waals surface area (Å²) < 4.78 is 5.76. The van der Waals surface area contributed by atoms with Crippen LogP contribution in [0.25, 0.3) is 0 Å². The lowest BCUT2D eigenvalue weighted by Crippen LogP contribution is -2.20. The van der Waals surface area contributed by atoms with Crippen molar-refractivity contribution in [2.75, 3.05) is 30.0 Å². The molecule has 36 heavy (non-hydrogen) atoms. The number of aromatic carboxylic acids is 1. The van der Waals surface area contributed by atoms with E-state index in [1.165, 1.54) is 42.2 Å². The molecule has 0 bridgehead atoms. The van der Waals surface area contributed by atoms with E-state index in [1.807, 2.05) is 6.26 Å². The highest BCUT2D eigenvalue weighted by atomic mass is 35.5. The van der Waals surface area contributed by atoms with Gasteiger partial charge in [-0.1, -0.05) is 11.6 Å². The molecule has 9 nitrogen and oxygen atoms in total. The molecule has 0 radical (unpaired) electrons. The molecule has 0 aliphatic rings. The molecule has 0 spiro atoms. The van der Waals surface area contributed by atoms with E-state index in [9.17, 15) is 19.5 Å². The number of carboxylic acid groups (broad SMARTS) is 1. The Labute approximate surface area is 223 Å². The summed E-state index contributed by atoms with van der Waals surface area (Å²) in [6.07, 6.45) is 3.88. The van der Waals surface area contributed by atoms with Crippen molar-refractivity contribution in [1.29, 1.82) is 0 Å². The molecule has 0 saturated heterocycles. The van der Waals surface area contributed by atoms with Gasteiger partial charge in [0.05, 0.1) is 34.0 Å². The number of rotatable bonds is 10. The van der Waals surface area contributed by atoms with Crippen LogP contribution >= 0.6 is 35.8 Å². The largest absolute Gasteiger partial charge is 0.493 e. The first kappa shape index (κ1) is 28.9. The topological polar surface area (TPSA) is 144 Å². The Morgan fingerprint density at radius 2 is 1.78 bits per heavy atom. The number of ether oxygens (including phenoxy) is 1. The number of carbonyl (C=O) groups is 3. The summed E-state index contributed by atoms with van der Waals surface area (Å²) in [6.45, 7) is 0.761. The van der Waals surface area contributed by atoms with E-state index in [1.54, 1.807) is 24.3 Å². The minimum atomic E-state index is -1.21. The van der Waals surface area contributed by atoms with Crippen molar-refractivity contribution in [2.45, 2.75) is 11.3 Å². The Kier molecular flexibility index (Phi) is 11.0. The molecule has 5 N–H and O–H groups in total. The number of carboxylic acids is 1. The number of hydrogen-bond donors (Lipinski definition) is 4. The van der Waals surface area contributed by atoms with Crippen LogP contribution in [-0.4, -0.2) is 47.3 Å². The maximum atomic E-state index is 13.2. The highest BCUT2D eigenvalue weighted by Crippen LogP contribution is 2.28. The molecule has 2 amide bonds. The van der Waals surface area contributed by atoms with E-state index in [0.29, 0.717) is 30.3 Å². The molecular weight excluding hydrogens is 527 g/mol. The van der Waals surface area contributed by atoms with Gasteiger partial charge in [-0.15, -0.1) is 24.2 Å². The van der Waals surface area contributed by atoms with E-state index < -0.39 is 17.8 Å². The van der Waals surface area contributed by atoms with Gasteiger partial charge in [-0.25, -0.2) is 9.78 Å². The Hall–Kier alpha value is -3.31. The van der Waals surface area contributed by atoms with Gasteiger partial charge in [0.1, 0.15) is 11.6 Å². The van der Waals surface area contributed by atoms with Crippen molar-refractivity contribution in [3.63, 3.8) is 0 Å². The third-order valence-electron chi connectivity index (χ3n) is 4.77. The molecule has 0 aliphatic heterocycles. The van der Waals surface area contributed by atoms with Gasteiger partial charge in [-0.05, 0) is 67.8 Å². The highest BCUT2D eigenvalue weighted by Gasteiger charge is 2.20. The van der Waals surface area contributed by atoms with Crippen LogP contribution in [0.4, 0.5) is 11.5 Å². The summed E-state index contributed by atoms with van der Waals surface area (Å²) in [6, 6.07) is 12.0. The number of carbonyl (C=O) groups excluding carboxylic acids is 2. The van der Waals surface area contributed by atoms with Gasteiger partial charge in [-0.2, -0.15) is 0 Å². The van der Waals surface area contributed by atoms with E-state index in [4.69, 9.17) is 22.1 Å². The van der Waals surface area contributed by atoms with Crippen LogP contribution < -0.4 is 21.1 Å². The summed E-state index contributed by atoms with van der Waals surface area (Å²) in [7, 11) is 0. The SMILES string of the molecule is CSc1ccc(C(=O)Nc2cc(C(=O)O)ccc2C(=O)Nc2ccc(Cl)cn2)c(OCCCN)c1.Cl. The van der Waals surface area contributed by atoms with Crippen molar-refractivity contribution in [1.82, 2.24) is 4.98 Å². The van der Waals surface area contributed by atoms with Crippen LogP contribution in [0.15, 0.2) is 59.6 Å². The third-order valence-corrected chi connectivity index (χ3v) is 5.72. The standard InChI is InChI=1S/C24H23ClN4O5S.ClH/c1-35-16-5-7-18(20(12-16)34-10-2-9-26)23(31)28-19-11-14(24(32)33)3-6-17(19)22(30)29-21-8-4-15(25)13-27-21;/h3-8,11-13H,2,9-10,26H2,1H3,(H,28,31)(H,32,33)(H,27,29,30);1H. The van der Waals surface area contributed by atoms with Gasteiger partial charge >= 0.3 is 5.97 Å². The van der Waals surface area contributed by atoms with Gasteiger partial charge in [0.15, 0.2) is 0 Å². The number of pyridine rings is 1. The van der Waals surface area contributed by atoms with E-state index >= 15 is 0 Å². The number of benzene rings is 2. The third kappa shape index (κ3) is 7.59. The smallest absolute Gasteiger partial charge is 0.335 e. The summed E-state index contributed by atoms with van der Waals surface area (Å²) in [5, 5.41) is 15.1. The fourth-order valence-electron chi connectivity index (χ4n) is 3.00. The molecule has 0 atom stereocenters. The first-order valence-electron chi connectivity index (χ1n) is 10.4. The summed E-state index contributed by atoms with van der Waals surface area (Å²) in [5.74, 6) is -1.77. The van der Waals surface area contributed by atoms with Gasteiger partial charge < -0.3 is 26.2 Å². The summed E-state index contributed by atoms with van der Waals surface area (Å²) in [5.41, 5.74) is 5.73. The maximum Gasteiger partial charge on any atom is 0.335 e. The molecule has 190 valence electrons. The first-order valence-corrected chi connectivity index (χ1v) is 12.0. The van der Waals surface area contributed by atoms with Crippen LogP contribution in [-0.2, 0) is 0 Å². The minimum Gasteiger partial charge on any atom is -0.493 e. The second-order valence-corrected chi connectivity index (χ2v) is 8.50. The Bertz CT molecular complexity index is 1240. The number of thioether (sulfide) groups is 1. The number of anilines is 2. The minimum absolute atomic E-state index is 0. The fourth-order valence-corrected chi connectivity index (χ4v) is 3.54. The molecular formula is C24H24Cl2N4O5S. The molecule has 12 heteroatoms. The lowest BCUT2D eigenvalue weighted by atomic mass is 10.1. The molecule has 3 aromatic rings. The molecule has 1 heterocycles. The number of nitrogens with one attached hydrogen (secondary N) is 2. The van der Waals surface area contributed by atoms with Crippen LogP contribution in [0.5, 0.6) is 5.75 Å². The maximum absolute atomic E-state index is 13.2. The second kappa shape index (κ2) is 13.7. The van der Waals surface area contributed by atoms with E-state index in [2.05, 4.69) is 15.6 Å². The molecule has 1 aromatic heterocycles. The van der Waals surface area contributed by atoms with Crippen molar-refractivity contribution in [2.24, 2.45) is 5.73 Å². The Morgan fingerprint density at radius 1 is 1.06 bits per heavy atom. The molecule has 2 aromatic carbocycles. The van der Waals surface area contributed by atoms with Gasteiger partial charge in [0.2, 0.25) is 0 Å². The predicted molar refractivity (Wildman–Crippen MR) is 143 cm³/mol. The van der Waals surface area contributed by atoms with Crippen LogP contribution in [0, 0.1) is 0 Å². The number of halogens is 2. The average molecular weight is 551 g/mol. The normalized spacial score (nSPS) is 10.2. The molecule has 0 saturated carbocycles. The zero-order valence-electron chi connectivity index (χ0n) is 19.1. The van der Waals surface area contributed by atoms with Crippen molar-refractivity contribution >= 4 is 65.1 Å². The monoisotopic (exact) mass is 550 g/mol. The number of nitrogens with two attached hydrogens (primary N) is 1. The number of nitrogens with zero attached hydrogens (tertiary/aromatic N) is 1. The van der Waals surface area contributed by atoms with Gasteiger partial charge in [0, 0.05) is 11.1 Å². The fraction of sp³-hybridized carbons (Fsp3) is 0.167. The number of hydrogen-bond acceptors (Lipinski definition) is 7. The Balaban J connectivity index is 0.00000456. The van der Waals surface area contributed by atoms with Crippen LogP contribution in [0.3, 0.4) is 0 Å². The average Bonchev–Trinajstić information content (AvgIpc) is 2.85. The predicted octanol–water partition coefficient (Wildman–Crippen LogP) is 4.81. The number of amides is 2. The molecule has 3 rings (SSSR count). The van der Waals surface area contributed by atoms with E-state index in [-0.39, 0.29) is 40.6 Å². The lowest BCUT2D eigenvalue weighted by Gasteiger charge is -2.15. The molecule has 0 aliphatic carbocycles. The lowest BCUT2D eigenvalue weighted by molar-refractivity contribution is 0.0696. The second-order valence-electron chi connectivity index (χ2n) is 7.19. The first-order chi connectivity index (χ1) is 16.8. The zero-order chi connectivity index (χ0) is 25.4. The van der Waals surface area contributed by atoms with Crippen molar-refractivity contribution in [3.8, 4) is 5.75 Å². The van der Waals surface area contributed by atoms with Crippen molar-refractivity contribution < 1.29 is 24.2 Å². The summed E-state index contributed by atoms with van der Waals surface area (Å²) in [4.78, 5) is 42.5. The van der Waals surface area contributed by atoms with Crippen LogP contribution in [0.2, 0.25) is 5.02 Å².